The Bertz CT molecular complexity index is 346. The fourth-order valence-corrected chi connectivity index (χ4v) is 1.44. The van der Waals surface area contributed by atoms with Crippen LogP contribution in [0.1, 0.15) is 18.9 Å². The summed E-state index contributed by atoms with van der Waals surface area (Å²) in [4.78, 5) is 6.22. The van der Waals surface area contributed by atoms with E-state index < -0.39 is 0 Å². The highest BCUT2D eigenvalue weighted by atomic mass is 16.3. The highest BCUT2D eigenvalue weighted by Gasteiger charge is 2.09. The second kappa shape index (κ2) is 5.99. The molecule has 0 saturated heterocycles. The zero-order valence-electron chi connectivity index (χ0n) is 8.85. The number of anilines is 1. The van der Waals surface area contributed by atoms with Gasteiger partial charge in [0.15, 0.2) is 0 Å². The topological polar surface area (TPSA) is 60.2 Å². The highest BCUT2D eigenvalue weighted by molar-refractivity contribution is 5.46. The number of aliphatic hydroxyl groups excluding tert-OH is 1. The van der Waals surface area contributed by atoms with E-state index >= 15 is 0 Å². The summed E-state index contributed by atoms with van der Waals surface area (Å²) in [7, 11) is 0. The lowest BCUT2D eigenvalue weighted by Crippen LogP contribution is -2.25. The van der Waals surface area contributed by atoms with Gasteiger partial charge in [-0.3, -0.25) is 0 Å². The third kappa shape index (κ3) is 2.93. The van der Waals surface area contributed by atoms with Gasteiger partial charge in [0.25, 0.3) is 0 Å². The molecule has 0 fully saturated rings. The summed E-state index contributed by atoms with van der Waals surface area (Å²) in [5, 5.41) is 17.7. The van der Waals surface area contributed by atoms with Crippen molar-refractivity contribution in [3.8, 4) is 6.07 Å². The molecule has 0 radical (unpaired) electrons. The summed E-state index contributed by atoms with van der Waals surface area (Å²) < 4.78 is 0. The number of pyridine rings is 1. The van der Waals surface area contributed by atoms with Crippen molar-refractivity contribution in [2.24, 2.45) is 0 Å². The van der Waals surface area contributed by atoms with E-state index in [4.69, 9.17) is 10.4 Å². The van der Waals surface area contributed by atoms with Crippen LogP contribution in [0.5, 0.6) is 0 Å². The molecule has 0 aromatic carbocycles. The Labute approximate surface area is 89.8 Å². The first-order valence-electron chi connectivity index (χ1n) is 5.00. The maximum atomic E-state index is 9.16. The van der Waals surface area contributed by atoms with Gasteiger partial charge in [-0.05, 0) is 13.0 Å². The van der Waals surface area contributed by atoms with Crippen molar-refractivity contribution in [3.05, 3.63) is 23.9 Å². The summed E-state index contributed by atoms with van der Waals surface area (Å²) in [6.07, 6.45) is 2.17. The summed E-state index contributed by atoms with van der Waals surface area (Å²) >= 11 is 0. The monoisotopic (exact) mass is 205 g/mol. The fraction of sp³-hybridized carbons (Fsp3) is 0.455. The van der Waals surface area contributed by atoms with Gasteiger partial charge < -0.3 is 10.0 Å². The maximum Gasteiger partial charge on any atom is 0.134 e. The Kier molecular flexibility index (Phi) is 4.58. The average Bonchev–Trinajstić information content (AvgIpc) is 2.30. The van der Waals surface area contributed by atoms with Crippen LogP contribution in [0.2, 0.25) is 0 Å². The van der Waals surface area contributed by atoms with E-state index in [-0.39, 0.29) is 6.61 Å². The standard InChI is InChI=1S/C11H15N3O/c1-2-14(8-4-6-12)11-10(9-15)5-3-7-13-11/h3,5,7,15H,2,4,8-9H2,1H3. The van der Waals surface area contributed by atoms with E-state index in [9.17, 15) is 0 Å². The van der Waals surface area contributed by atoms with Crippen molar-refractivity contribution in [2.75, 3.05) is 18.0 Å². The SMILES string of the molecule is CCN(CCC#N)c1ncccc1CO. The van der Waals surface area contributed by atoms with Crippen LogP contribution in [0.15, 0.2) is 18.3 Å². The van der Waals surface area contributed by atoms with Crippen LogP contribution in [-0.2, 0) is 6.61 Å². The van der Waals surface area contributed by atoms with E-state index in [1.54, 1.807) is 12.3 Å². The summed E-state index contributed by atoms with van der Waals surface area (Å²) in [5.41, 5.74) is 0.803. The van der Waals surface area contributed by atoms with Gasteiger partial charge in [-0.1, -0.05) is 6.07 Å². The molecule has 0 amide bonds. The number of aromatic nitrogens is 1. The highest BCUT2D eigenvalue weighted by Crippen LogP contribution is 2.16. The van der Waals surface area contributed by atoms with Gasteiger partial charge in [0.2, 0.25) is 0 Å². The molecular formula is C11H15N3O. The van der Waals surface area contributed by atoms with Crippen LogP contribution < -0.4 is 4.90 Å². The summed E-state index contributed by atoms with van der Waals surface area (Å²) in [6, 6.07) is 5.75. The first-order chi connectivity index (χ1) is 7.33. The summed E-state index contributed by atoms with van der Waals surface area (Å²) in [6.45, 7) is 3.42. The van der Waals surface area contributed by atoms with Gasteiger partial charge in [-0.25, -0.2) is 4.98 Å². The molecule has 1 N–H and O–H groups in total. The molecule has 0 spiro atoms. The largest absolute Gasteiger partial charge is 0.392 e. The zero-order chi connectivity index (χ0) is 11.1. The molecule has 4 nitrogen and oxygen atoms in total. The van der Waals surface area contributed by atoms with Gasteiger partial charge >= 0.3 is 0 Å². The second-order valence-electron chi connectivity index (χ2n) is 3.13. The average molecular weight is 205 g/mol. The lowest BCUT2D eigenvalue weighted by Gasteiger charge is -2.22. The minimum absolute atomic E-state index is 0.0216. The molecular weight excluding hydrogens is 190 g/mol. The van der Waals surface area contributed by atoms with Gasteiger partial charge in [-0.15, -0.1) is 0 Å². The van der Waals surface area contributed by atoms with Crippen molar-refractivity contribution in [2.45, 2.75) is 20.0 Å². The molecule has 1 rings (SSSR count). The maximum absolute atomic E-state index is 9.16. The number of rotatable bonds is 5. The van der Waals surface area contributed by atoms with Gasteiger partial charge in [-0.2, -0.15) is 5.26 Å². The zero-order valence-corrected chi connectivity index (χ0v) is 8.85. The summed E-state index contributed by atoms with van der Waals surface area (Å²) in [5.74, 6) is 0.776. The van der Waals surface area contributed by atoms with Gasteiger partial charge in [0.05, 0.1) is 19.1 Å². The van der Waals surface area contributed by atoms with Crippen LogP contribution in [0.25, 0.3) is 0 Å². The quantitative estimate of drug-likeness (QED) is 0.787. The number of nitrogens with zero attached hydrogens (tertiary/aromatic N) is 3. The van der Waals surface area contributed by atoms with E-state index in [0.717, 1.165) is 17.9 Å². The van der Waals surface area contributed by atoms with Crippen LogP contribution >= 0.6 is 0 Å². The fourth-order valence-electron chi connectivity index (χ4n) is 1.44. The number of aliphatic hydroxyl groups is 1. The van der Waals surface area contributed by atoms with Crippen LogP contribution in [0.4, 0.5) is 5.82 Å². The van der Waals surface area contributed by atoms with Crippen molar-refractivity contribution in [3.63, 3.8) is 0 Å². The van der Waals surface area contributed by atoms with Gasteiger partial charge in [0.1, 0.15) is 5.82 Å². The van der Waals surface area contributed by atoms with Crippen LogP contribution in [-0.4, -0.2) is 23.2 Å². The normalized spacial score (nSPS) is 9.67. The predicted molar refractivity (Wildman–Crippen MR) is 58.3 cm³/mol. The molecule has 1 aromatic rings. The minimum atomic E-state index is -0.0216. The predicted octanol–water partition coefficient (Wildman–Crippen LogP) is 1.31. The third-order valence-corrected chi connectivity index (χ3v) is 2.21. The lowest BCUT2D eigenvalue weighted by atomic mass is 10.2. The van der Waals surface area contributed by atoms with Crippen LogP contribution in [0.3, 0.4) is 0 Å². The number of hydrogen-bond donors (Lipinski definition) is 1. The molecule has 0 aliphatic rings. The lowest BCUT2D eigenvalue weighted by molar-refractivity contribution is 0.281. The molecule has 15 heavy (non-hydrogen) atoms. The molecule has 4 heteroatoms. The van der Waals surface area contributed by atoms with E-state index in [1.807, 2.05) is 17.9 Å². The Balaban J connectivity index is 2.86. The molecule has 0 saturated carbocycles. The first kappa shape index (κ1) is 11.5. The Morgan fingerprint density at radius 1 is 1.60 bits per heavy atom. The van der Waals surface area contributed by atoms with Crippen molar-refractivity contribution < 1.29 is 5.11 Å². The van der Waals surface area contributed by atoms with Crippen molar-refractivity contribution >= 4 is 5.82 Å². The Hall–Kier alpha value is -1.60. The smallest absolute Gasteiger partial charge is 0.134 e. The molecule has 1 aromatic heterocycles. The molecule has 1 heterocycles. The first-order valence-corrected chi connectivity index (χ1v) is 5.00. The molecule has 80 valence electrons. The molecule has 0 atom stereocenters. The minimum Gasteiger partial charge on any atom is -0.392 e. The van der Waals surface area contributed by atoms with Crippen molar-refractivity contribution in [1.29, 1.82) is 5.26 Å². The molecule has 0 aliphatic carbocycles. The second-order valence-corrected chi connectivity index (χ2v) is 3.13. The number of hydrogen-bond acceptors (Lipinski definition) is 4. The van der Waals surface area contributed by atoms with E-state index in [2.05, 4.69) is 11.1 Å². The van der Waals surface area contributed by atoms with Gasteiger partial charge in [0, 0.05) is 24.8 Å². The Morgan fingerprint density at radius 3 is 3.00 bits per heavy atom. The third-order valence-electron chi connectivity index (χ3n) is 2.21. The van der Waals surface area contributed by atoms with E-state index in [0.29, 0.717) is 13.0 Å². The van der Waals surface area contributed by atoms with Crippen molar-refractivity contribution in [1.82, 2.24) is 4.98 Å². The molecule has 0 bridgehead atoms. The molecule has 0 aliphatic heterocycles. The van der Waals surface area contributed by atoms with Crippen LogP contribution in [0, 0.1) is 11.3 Å². The molecule has 0 unspecified atom stereocenters. The van der Waals surface area contributed by atoms with E-state index in [1.165, 1.54) is 0 Å². The Morgan fingerprint density at radius 2 is 2.40 bits per heavy atom. The number of nitriles is 1.